The van der Waals surface area contributed by atoms with Crippen molar-refractivity contribution in [3.8, 4) is 0 Å². The molecule has 1 rings (SSSR count). The highest BCUT2D eigenvalue weighted by atomic mass is 19.1. The molecule has 1 heterocycles. The number of carbonyl (C=O) groups excluding carboxylic acids is 1. The minimum Gasteiger partial charge on any atom is -0.444 e. The van der Waals surface area contributed by atoms with Crippen molar-refractivity contribution in [2.75, 3.05) is 26.7 Å². The molecule has 1 N–H and O–H groups in total. The lowest BCUT2D eigenvalue weighted by Gasteiger charge is -2.24. The van der Waals surface area contributed by atoms with Crippen LogP contribution in [-0.4, -0.2) is 49.4 Å². The van der Waals surface area contributed by atoms with E-state index in [0.717, 1.165) is 0 Å². The molecule has 1 aliphatic heterocycles. The molecule has 2 atom stereocenters. The Hall–Kier alpha value is -0.840. The number of carbonyl (C=O) groups is 1. The predicted octanol–water partition coefficient (Wildman–Crippen LogP) is 1.41. The largest absolute Gasteiger partial charge is 0.444 e. The van der Waals surface area contributed by atoms with Gasteiger partial charge in [-0.25, -0.2) is 9.18 Å². The Balaban J connectivity index is 2.48. The summed E-state index contributed by atoms with van der Waals surface area (Å²) in [4.78, 5) is 13.1. The standard InChI is InChI=1S/C11H21FN2O2/c1-11(2,3)16-10(15)14-6-8(5-13-4)9(12)7-14/h8-9,13H,5-7H2,1-4H3/t8?,9-/m1/s1. The van der Waals surface area contributed by atoms with Crippen molar-refractivity contribution in [2.45, 2.75) is 32.5 Å². The zero-order valence-electron chi connectivity index (χ0n) is 10.4. The zero-order chi connectivity index (χ0) is 12.3. The molecule has 4 nitrogen and oxygen atoms in total. The van der Waals surface area contributed by atoms with E-state index in [0.29, 0.717) is 13.1 Å². The molecule has 0 aromatic carbocycles. The van der Waals surface area contributed by atoms with Crippen molar-refractivity contribution in [3.63, 3.8) is 0 Å². The van der Waals surface area contributed by atoms with E-state index in [-0.39, 0.29) is 12.5 Å². The van der Waals surface area contributed by atoms with E-state index in [2.05, 4.69) is 5.32 Å². The van der Waals surface area contributed by atoms with Crippen LogP contribution in [0.1, 0.15) is 20.8 Å². The summed E-state index contributed by atoms with van der Waals surface area (Å²) in [5.74, 6) is -0.127. The Kier molecular flexibility index (Phi) is 4.13. The van der Waals surface area contributed by atoms with Crippen LogP contribution in [-0.2, 0) is 4.74 Å². The molecule has 1 fully saturated rings. The van der Waals surface area contributed by atoms with Crippen molar-refractivity contribution in [1.29, 1.82) is 0 Å². The lowest BCUT2D eigenvalue weighted by molar-refractivity contribution is 0.0281. The molecule has 1 aliphatic rings. The minimum absolute atomic E-state index is 0.127. The fourth-order valence-electron chi connectivity index (χ4n) is 1.76. The van der Waals surface area contributed by atoms with Crippen LogP contribution in [0.15, 0.2) is 0 Å². The van der Waals surface area contributed by atoms with Gasteiger partial charge in [0, 0.05) is 19.0 Å². The number of rotatable bonds is 2. The summed E-state index contributed by atoms with van der Waals surface area (Å²) < 4.78 is 18.7. The van der Waals surface area contributed by atoms with Crippen LogP contribution >= 0.6 is 0 Å². The summed E-state index contributed by atoms with van der Waals surface area (Å²) in [5, 5.41) is 2.93. The average Bonchev–Trinajstić information content (AvgIpc) is 2.46. The fraction of sp³-hybridized carbons (Fsp3) is 0.909. The van der Waals surface area contributed by atoms with Gasteiger partial charge >= 0.3 is 6.09 Å². The molecule has 0 aromatic rings. The molecule has 1 saturated heterocycles. The fourth-order valence-corrected chi connectivity index (χ4v) is 1.76. The highest BCUT2D eigenvalue weighted by Gasteiger charge is 2.36. The van der Waals surface area contributed by atoms with E-state index >= 15 is 0 Å². The molecule has 0 bridgehead atoms. The number of hydrogen-bond acceptors (Lipinski definition) is 3. The van der Waals surface area contributed by atoms with Crippen molar-refractivity contribution in [3.05, 3.63) is 0 Å². The van der Waals surface area contributed by atoms with Gasteiger partial charge in [0.1, 0.15) is 11.8 Å². The van der Waals surface area contributed by atoms with Gasteiger partial charge in [-0.1, -0.05) is 0 Å². The van der Waals surface area contributed by atoms with E-state index in [9.17, 15) is 9.18 Å². The monoisotopic (exact) mass is 232 g/mol. The quantitative estimate of drug-likeness (QED) is 0.782. The smallest absolute Gasteiger partial charge is 0.410 e. The maximum atomic E-state index is 13.5. The summed E-state index contributed by atoms with van der Waals surface area (Å²) >= 11 is 0. The molecular weight excluding hydrogens is 211 g/mol. The number of nitrogens with one attached hydrogen (secondary N) is 1. The average molecular weight is 232 g/mol. The number of alkyl halides is 1. The maximum absolute atomic E-state index is 13.5. The van der Waals surface area contributed by atoms with Gasteiger partial charge in [-0.15, -0.1) is 0 Å². The van der Waals surface area contributed by atoms with E-state index in [1.807, 2.05) is 0 Å². The summed E-state index contributed by atoms with van der Waals surface area (Å²) in [5.41, 5.74) is -0.524. The van der Waals surface area contributed by atoms with Crippen LogP contribution in [0, 0.1) is 5.92 Å². The third kappa shape index (κ3) is 3.63. The number of amides is 1. The number of nitrogens with zero attached hydrogens (tertiary/aromatic N) is 1. The normalized spacial score (nSPS) is 25.9. The molecule has 0 aliphatic carbocycles. The molecule has 0 aromatic heterocycles. The Labute approximate surface area is 96.1 Å². The van der Waals surface area contributed by atoms with Gasteiger partial charge in [0.05, 0.1) is 6.54 Å². The molecule has 0 radical (unpaired) electrons. The van der Waals surface area contributed by atoms with Gasteiger partial charge in [-0.05, 0) is 27.8 Å². The SMILES string of the molecule is CNCC1CN(C(=O)OC(C)(C)C)C[C@H]1F. The topological polar surface area (TPSA) is 41.6 Å². The first kappa shape index (κ1) is 13.2. The second-order valence-corrected chi connectivity index (χ2v) is 5.22. The summed E-state index contributed by atoms with van der Waals surface area (Å²) in [7, 11) is 1.78. The Morgan fingerprint density at radius 2 is 2.12 bits per heavy atom. The highest BCUT2D eigenvalue weighted by molar-refractivity contribution is 5.68. The van der Waals surface area contributed by atoms with Gasteiger partial charge in [0.25, 0.3) is 0 Å². The molecule has 94 valence electrons. The van der Waals surface area contributed by atoms with Gasteiger partial charge in [-0.3, -0.25) is 0 Å². The second kappa shape index (κ2) is 4.99. The van der Waals surface area contributed by atoms with Gasteiger partial charge < -0.3 is 15.0 Å². The third-order valence-corrected chi connectivity index (χ3v) is 2.48. The predicted molar refractivity (Wildman–Crippen MR) is 60.1 cm³/mol. The lowest BCUT2D eigenvalue weighted by Crippen LogP contribution is -2.36. The van der Waals surface area contributed by atoms with E-state index in [4.69, 9.17) is 4.74 Å². The Morgan fingerprint density at radius 3 is 2.62 bits per heavy atom. The van der Waals surface area contributed by atoms with E-state index in [1.165, 1.54) is 4.90 Å². The molecular formula is C11H21FN2O2. The maximum Gasteiger partial charge on any atom is 0.410 e. The van der Waals surface area contributed by atoms with E-state index in [1.54, 1.807) is 27.8 Å². The number of likely N-dealkylation sites (tertiary alicyclic amines) is 1. The van der Waals surface area contributed by atoms with Crippen LogP contribution in [0.2, 0.25) is 0 Å². The minimum atomic E-state index is -0.958. The van der Waals surface area contributed by atoms with Crippen molar-refractivity contribution in [2.24, 2.45) is 5.92 Å². The number of halogens is 1. The molecule has 1 unspecified atom stereocenters. The van der Waals surface area contributed by atoms with Crippen LogP contribution in [0.4, 0.5) is 9.18 Å². The first-order valence-corrected chi connectivity index (χ1v) is 5.60. The van der Waals surface area contributed by atoms with Crippen LogP contribution in [0.5, 0.6) is 0 Å². The summed E-state index contributed by atoms with van der Waals surface area (Å²) in [6, 6.07) is 0. The summed E-state index contributed by atoms with van der Waals surface area (Å²) in [6.45, 7) is 6.57. The highest BCUT2D eigenvalue weighted by Crippen LogP contribution is 2.21. The Bertz CT molecular complexity index is 253. The molecule has 0 saturated carbocycles. The van der Waals surface area contributed by atoms with E-state index < -0.39 is 17.9 Å². The molecule has 1 amide bonds. The lowest BCUT2D eigenvalue weighted by atomic mass is 10.1. The zero-order valence-corrected chi connectivity index (χ0v) is 10.4. The second-order valence-electron chi connectivity index (χ2n) is 5.22. The Morgan fingerprint density at radius 1 is 1.50 bits per heavy atom. The van der Waals surface area contributed by atoms with Gasteiger partial charge in [0.2, 0.25) is 0 Å². The van der Waals surface area contributed by atoms with Crippen LogP contribution < -0.4 is 5.32 Å². The first-order chi connectivity index (χ1) is 7.33. The van der Waals surface area contributed by atoms with Crippen molar-refractivity contribution in [1.82, 2.24) is 10.2 Å². The van der Waals surface area contributed by atoms with Crippen molar-refractivity contribution >= 4 is 6.09 Å². The van der Waals surface area contributed by atoms with Crippen LogP contribution in [0.3, 0.4) is 0 Å². The van der Waals surface area contributed by atoms with Crippen LogP contribution in [0.25, 0.3) is 0 Å². The summed E-state index contributed by atoms with van der Waals surface area (Å²) in [6.07, 6.45) is -1.38. The molecule has 5 heteroatoms. The number of ether oxygens (including phenoxy) is 1. The number of hydrogen-bond donors (Lipinski definition) is 1. The molecule has 16 heavy (non-hydrogen) atoms. The first-order valence-electron chi connectivity index (χ1n) is 5.60. The molecule has 0 spiro atoms. The third-order valence-electron chi connectivity index (χ3n) is 2.48. The van der Waals surface area contributed by atoms with Gasteiger partial charge in [-0.2, -0.15) is 0 Å². The van der Waals surface area contributed by atoms with Crippen molar-refractivity contribution < 1.29 is 13.9 Å². The van der Waals surface area contributed by atoms with Gasteiger partial charge in [0.15, 0.2) is 0 Å².